The van der Waals surface area contributed by atoms with Crippen molar-refractivity contribution >= 4 is 5.82 Å². The molecule has 0 amide bonds. The topological polar surface area (TPSA) is 29.0 Å². The molecule has 3 rings (SSSR count). The molecule has 19 heavy (non-hydrogen) atoms. The summed E-state index contributed by atoms with van der Waals surface area (Å²) < 4.78 is 12.9. The number of nitrogens with zero attached hydrogens (tertiary/aromatic N) is 3. The minimum Gasteiger partial charge on any atom is -0.355 e. The van der Waals surface area contributed by atoms with Crippen LogP contribution in [-0.2, 0) is 6.54 Å². The average molecular weight is 257 g/mol. The van der Waals surface area contributed by atoms with Crippen LogP contribution in [0.2, 0.25) is 0 Å². The fourth-order valence-electron chi connectivity index (χ4n) is 2.06. The van der Waals surface area contributed by atoms with E-state index in [2.05, 4.69) is 14.9 Å². The quantitative estimate of drug-likeness (QED) is 0.842. The zero-order valence-corrected chi connectivity index (χ0v) is 10.9. The minimum atomic E-state index is -0.204. The highest BCUT2D eigenvalue weighted by molar-refractivity contribution is 5.38. The fraction of sp³-hybridized carbons (Fsp3) is 0.333. The summed E-state index contributed by atoms with van der Waals surface area (Å²) in [6.07, 6.45) is 4.22. The van der Waals surface area contributed by atoms with Crippen LogP contribution in [0.4, 0.5) is 10.2 Å². The summed E-state index contributed by atoms with van der Waals surface area (Å²) in [6.45, 7) is 0.710. The molecule has 1 aliphatic rings. The number of rotatable bonds is 4. The molecular formula is C15H16FN3. The van der Waals surface area contributed by atoms with Crippen molar-refractivity contribution in [3.63, 3.8) is 0 Å². The molecule has 3 nitrogen and oxygen atoms in total. The number of benzene rings is 1. The van der Waals surface area contributed by atoms with Gasteiger partial charge in [-0.15, -0.1) is 0 Å². The van der Waals surface area contributed by atoms with E-state index in [1.54, 1.807) is 12.1 Å². The molecule has 1 fully saturated rings. The molecule has 0 unspecified atom stereocenters. The largest absolute Gasteiger partial charge is 0.355 e. The third-order valence-corrected chi connectivity index (χ3v) is 3.33. The van der Waals surface area contributed by atoms with Gasteiger partial charge in [-0.05, 0) is 36.6 Å². The molecule has 0 aliphatic heterocycles. The molecule has 1 saturated carbocycles. The number of hydrogen-bond acceptors (Lipinski definition) is 3. The Morgan fingerprint density at radius 1 is 1.21 bits per heavy atom. The van der Waals surface area contributed by atoms with E-state index >= 15 is 0 Å². The van der Waals surface area contributed by atoms with Gasteiger partial charge in [-0.2, -0.15) is 0 Å². The number of anilines is 1. The maximum atomic E-state index is 12.9. The molecule has 1 heterocycles. The lowest BCUT2D eigenvalue weighted by atomic mass is 10.2. The highest BCUT2D eigenvalue weighted by atomic mass is 19.1. The van der Waals surface area contributed by atoms with Crippen molar-refractivity contribution in [2.24, 2.45) is 0 Å². The van der Waals surface area contributed by atoms with Crippen LogP contribution >= 0.6 is 0 Å². The van der Waals surface area contributed by atoms with Crippen LogP contribution in [0.25, 0.3) is 0 Å². The summed E-state index contributed by atoms with van der Waals surface area (Å²) in [5.74, 6) is 2.22. The van der Waals surface area contributed by atoms with Gasteiger partial charge in [-0.3, -0.25) is 0 Å². The first-order valence-corrected chi connectivity index (χ1v) is 6.51. The van der Waals surface area contributed by atoms with Gasteiger partial charge in [0.1, 0.15) is 17.5 Å². The second-order valence-corrected chi connectivity index (χ2v) is 5.03. The van der Waals surface area contributed by atoms with E-state index in [0.29, 0.717) is 12.5 Å². The van der Waals surface area contributed by atoms with E-state index < -0.39 is 0 Å². The van der Waals surface area contributed by atoms with Crippen molar-refractivity contribution in [3.8, 4) is 0 Å². The van der Waals surface area contributed by atoms with Crippen LogP contribution in [0.3, 0.4) is 0 Å². The maximum Gasteiger partial charge on any atom is 0.133 e. The van der Waals surface area contributed by atoms with E-state index in [9.17, 15) is 4.39 Å². The zero-order chi connectivity index (χ0) is 13.2. The summed E-state index contributed by atoms with van der Waals surface area (Å²) in [6, 6.07) is 8.48. The van der Waals surface area contributed by atoms with Crippen molar-refractivity contribution < 1.29 is 4.39 Å². The van der Waals surface area contributed by atoms with Gasteiger partial charge in [0.05, 0.1) is 0 Å². The smallest absolute Gasteiger partial charge is 0.133 e. The first-order valence-electron chi connectivity index (χ1n) is 6.51. The van der Waals surface area contributed by atoms with Gasteiger partial charge in [-0.25, -0.2) is 14.4 Å². The Bertz CT molecular complexity index is 564. The molecule has 0 saturated heterocycles. The summed E-state index contributed by atoms with van der Waals surface area (Å²) >= 11 is 0. The second-order valence-electron chi connectivity index (χ2n) is 5.03. The van der Waals surface area contributed by atoms with E-state index in [1.165, 1.54) is 25.0 Å². The Morgan fingerprint density at radius 3 is 2.63 bits per heavy atom. The monoisotopic (exact) mass is 257 g/mol. The highest BCUT2D eigenvalue weighted by Crippen LogP contribution is 2.38. The van der Waals surface area contributed by atoms with Gasteiger partial charge < -0.3 is 4.90 Å². The SMILES string of the molecule is CN(Cc1ccc(F)cc1)c1ccnc(C2CC2)n1. The molecule has 0 spiro atoms. The van der Waals surface area contributed by atoms with Crippen molar-refractivity contribution in [1.82, 2.24) is 9.97 Å². The van der Waals surface area contributed by atoms with Crippen LogP contribution in [0, 0.1) is 5.82 Å². The number of hydrogen-bond donors (Lipinski definition) is 0. The van der Waals surface area contributed by atoms with Gasteiger partial charge in [-0.1, -0.05) is 12.1 Å². The zero-order valence-electron chi connectivity index (χ0n) is 10.9. The van der Waals surface area contributed by atoms with Gasteiger partial charge in [0.25, 0.3) is 0 Å². The third kappa shape index (κ3) is 2.89. The van der Waals surface area contributed by atoms with Crippen LogP contribution < -0.4 is 4.90 Å². The van der Waals surface area contributed by atoms with Crippen LogP contribution in [0.1, 0.15) is 30.1 Å². The van der Waals surface area contributed by atoms with E-state index in [-0.39, 0.29) is 5.82 Å². The molecule has 0 bridgehead atoms. The Morgan fingerprint density at radius 2 is 1.95 bits per heavy atom. The molecule has 0 radical (unpaired) electrons. The molecule has 2 aromatic rings. The lowest BCUT2D eigenvalue weighted by molar-refractivity contribution is 0.627. The van der Waals surface area contributed by atoms with Gasteiger partial charge in [0, 0.05) is 25.7 Å². The normalized spacial score (nSPS) is 14.4. The lowest BCUT2D eigenvalue weighted by Gasteiger charge is -2.18. The standard InChI is InChI=1S/C15H16FN3/c1-19(10-11-2-6-13(16)7-3-11)14-8-9-17-15(18-14)12-4-5-12/h2-3,6-9,12H,4-5,10H2,1H3. The van der Waals surface area contributed by atoms with Crippen molar-refractivity contribution in [1.29, 1.82) is 0 Å². The van der Waals surface area contributed by atoms with Crippen LogP contribution in [0.5, 0.6) is 0 Å². The fourth-order valence-corrected chi connectivity index (χ4v) is 2.06. The Hall–Kier alpha value is -1.97. The summed E-state index contributed by atoms with van der Waals surface area (Å²) in [7, 11) is 1.99. The van der Waals surface area contributed by atoms with E-state index in [1.807, 2.05) is 19.3 Å². The second kappa shape index (κ2) is 4.96. The number of halogens is 1. The van der Waals surface area contributed by atoms with Crippen molar-refractivity contribution in [2.45, 2.75) is 25.3 Å². The van der Waals surface area contributed by atoms with Crippen molar-refractivity contribution in [3.05, 3.63) is 53.7 Å². The molecule has 0 atom stereocenters. The van der Waals surface area contributed by atoms with Crippen LogP contribution in [0.15, 0.2) is 36.5 Å². The molecular weight excluding hydrogens is 241 g/mol. The molecule has 1 aromatic heterocycles. The lowest BCUT2D eigenvalue weighted by Crippen LogP contribution is -2.18. The predicted octanol–water partition coefficient (Wildman–Crippen LogP) is 3.13. The van der Waals surface area contributed by atoms with E-state index in [4.69, 9.17) is 0 Å². The molecule has 98 valence electrons. The van der Waals surface area contributed by atoms with E-state index in [0.717, 1.165) is 17.2 Å². The summed E-state index contributed by atoms with van der Waals surface area (Å²) in [4.78, 5) is 11.0. The van der Waals surface area contributed by atoms with Gasteiger partial charge in [0.15, 0.2) is 0 Å². The highest BCUT2D eigenvalue weighted by Gasteiger charge is 2.26. The Balaban J connectivity index is 1.74. The van der Waals surface area contributed by atoms with Gasteiger partial charge >= 0.3 is 0 Å². The third-order valence-electron chi connectivity index (χ3n) is 3.33. The summed E-state index contributed by atoms with van der Waals surface area (Å²) in [5.41, 5.74) is 1.07. The average Bonchev–Trinajstić information content (AvgIpc) is 3.26. The van der Waals surface area contributed by atoms with Crippen LogP contribution in [-0.4, -0.2) is 17.0 Å². The predicted molar refractivity (Wildman–Crippen MR) is 72.5 cm³/mol. The van der Waals surface area contributed by atoms with Gasteiger partial charge in [0.2, 0.25) is 0 Å². The maximum absolute atomic E-state index is 12.9. The van der Waals surface area contributed by atoms with Crippen molar-refractivity contribution in [2.75, 3.05) is 11.9 Å². The molecule has 4 heteroatoms. The first-order chi connectivity index (χ1) is 9.22. The number of aromatic nitrogens is 2. The summed E-state index contributed by atoms with van der Waals surface area (Å²) in [5, 5.41) is 0. The molecule has 1 aromatic carbocycles. The Kier molecular flexibility index (Phi) is 3.15. The first kappa shape index (κ1) is 12.1. The Labute approximate surface area is 112 Å². The molecule has 0 N–H and O–H groups in total. The molecule has 1 aliphatic carbocycles. The minimum absolute atomic E-state index is 0.204.